The number of rotatable bonds is 7. The summed E-state index contributed by atoms with van der Waals surface area (Å²) >= 11 is 0. The number of hydrogen-bond donors (Lipinski definition) is 0. The van der Waals surface area contributed by atoms with Crippen LogP contribution in [-0.2, 0) is 14.3 Å². The zero-order chi connectivity index (χ0) is 20.6. The van der Waals surface area contributed by atoms with Gasteiger partial charge in [0.1, 0.15) is 6.26 Å². The number of carbonyl (C=O) groups excluding carboxylic acids is 3. The van der Waals surface area contributed by atoms with Gasteiger partial charge in [0, 0.05) is 52.3 Å². The standard InChI is InChI=1S/C20H29N3O6/c1-2-28-20(26)22-10-8-21(9-11-22)18(24)5-7-23(14-17-4-3-12-29-17)19(25)16-6-13-27-15-16/h6,13,15,17H,2-5,7-12,14H2,1H3. The largest absolute Gasteiger partial charge is 0.472 e. The maximum atomic E-state index is 12.8. The summed E-state index contributed by atoms with van der Waals surface area (Å²) in [7, 11) is 0. The highest BCUT2D eigenvalue weighted by Gasteiger charge is 2.27. The zero-order valence-electron chi connectivity index (χ0n) is 16.9. The topological polar surface area (TPSA) is 92.5 Å². The highest BCUT2D eigenvalue weighted by atomic mass is 16.6. The summed E-state index contributed by atoms with van der Waals surface area (Å²) in [5.41, 5.74) is 0.471. The fourth-order valence-electron chi connectivity index (χ4n) is 3.62. The zero-order valence-corrected chi connectivity index (χ0v) is 16.9. The van der Waals surface area contributed by atoms with E-state index in [1.807, 2.05) is 0 Å². The lowest BCUT2D eigenvalue weighted by molar-refractivity contribution is -0.133. The summed E-state index contributed by atoms with van der Waals surface area (Å²) in [6.45, 7) is 5.46. The quantitative estimate of drug-likeness (QED) is 0.682. The Morgan fingerprint density at radius 1 is 1.21 bits per heavy atom. The van der Waals surface area contributed by atoms with Crippen LogP contribution in [0.3, 0.4) is 0 Å². The summed E-state index contributed by atoms with van der Waals surface area (Å²) in [5, 5.41) is 0. The number of ether oxygens (including phenoxy) is 2. The molecule has 3 amide bonds. The second-order valence-electron chi connectivity index (χ2n) is 7.21. The first-order valence-electron chi connectivity index (χ1n) is 10.2. The summed E-state index contributed by atoms with van der Waals surface area (Å²) in [6, 6.07) is 1.63. The first-order chi connectivity index (χ1) is 14.1. The molecule has 0 aromatic carbocycles. The van der Waals surface area contributed by atoms with E-state index in [-0.39, 0.29) is 30.4 Å². The van der Waals surface area contributed by atoms with E-state index in [1.165, 1.54) is 12.5 Å². The van der Waals surface area contributed by atoms with Crippen LogP contribution >= 0.6 is 0 Å². The maximum Gasteiger partial charge on any atom is 0.409 e. The molecule has 0 aliphatic carbocycles. The van der Waals surface area contributed by atoms with E-state index >= 15 is 0 Å². The van der Waals surface area contributed by atoms with Crippen LogP contribution in [0.25, 0.3) is 0 Å². The lowest BCUT2D eigenvalue weighted by Crippen LogP contribution is -2.51. The fraction of sp³-hybridized carbons (Fsp3) is 0.650. The molecule has 1 unspecified atom stereocenters. The smallest absolute Gasteiger partial charge is 0.409 e. The predicted molar refractivity (Wildman–Crippen MR) is 103 cm³/mol. The third-order valence-electron chi connectivity index (χ3n) is 5.26. The normalized spacial score (nSPS) is 19.3. The molecule has 0 N–H and O–H groups in total. The van der Waals surface area contributed by atoms with Crippen LogP contribution in [0, 0.1) is 0 Å². The van der Waals surface area contributed by atoms with Gasteiger partial charge in [0.05, 0.1) is 24.5 Å². The second kappa shape index (κ2) is 10.3. The molecule has 160 valence electrons. The third-order valence-corrected chi connectivity index (χ3v) is 5.26. The van der Waals surface area contributed by atoms with Crippen LogP contribution < -0.4 is 0 Å². The van der Waals surface area contributed by atoms with E-state index < -0.39 is 0 Å². The molecule has 0 bridgehead atoms. The molecule has 2 aliphatic rings. The highest BCUT2D eigenvalue weighted by Crippen LogP contribution is 2.16. The first kappa shape index (κ1) is 21.2. The Labute approximate surface area is 170 Å². The maximum absolute atomic E-state index is 12.8. The van der Waals surface area contributed by atoms with Gasteiger partial charge in [0.25, 0.3) is 5.91 Å². The van der Waals surface area contributed by atoms with Crippen molar-refractivity contribution in [2.24, 2.45) is 0 Å². The molecule has 0 radical (unpaired) electrons. The van der Waals surface area contributed by atoms with Gasteiger partial charge in [-0.3, -0.25) is 9.59 Å². The van der Waals surface area contributed by atoms with Gasteiger partial charge in [-0.2, -0.15) is 0 Å². The van der Waals surface area contributed by atoms with Crippen molar-refractivity contribution in [2.45, 2.75) is 32.3 Å². The van der Waals surface area contributed by atoms with Gasteiger partial charge in [-0.1, -0.05) is 0 Å². The van der Waals surface area contributed by atoms with Crippen LogP contribution in [0.1, 0.15) is 36.5 Å². The van der Waals surface area contributed by atoms with Crippen molar-refractivity contribution < 1.29 is 28.3 Å². The van der Waals surface area contributed by atoms with Crippen molar-refractivity contribution in [2.75, 3.05) is 52.5 Å². The average molecular weight is 407 g/mol. The molecule has 2 aliphatic heterocycles. The second-order valence-corrected chi connectivity index (χ2v) is 7.21. The van der Waals surface area contributed by atoms with Gasteiger partial charge in [-0.25, -0.2) is 4.79 Å². The average Bonchev–Trinajstić information content (AvgIpc) is 3.45. The van der Waals surface area contributed by atoms with Crippen LogP contribution in [0.5, 0.6) is 0 Å². The molecule has 1 atom stereocenters. The Bertz CT molecular complexity index is 678. The van der Waals surface area contributed by atoms with Crippen molar-refractivity contribution in [3.8, 4) is 0 Å². The highest BCUT2D eigenvalue weighted by molar-refractivity contribution is 5.94. The minimum absolute atomic E-state index is 0.00840. The number of hydrogen-bond acceptors (Lipinski definition) is 6. The lowest BCUT2D eigenvalue weighted by Gasteiger charge is -2.34. The molecule has 1 aromatic heterocycles. The van der Waals surface area contributed by atoms with Gasteiger partial charge < -0.3 is 28.6 Å². The van der Waals surface area contributed by atoms with Gasteiger partial charge in [0.2, 0.25) is 5.91 Å². The van der Waals surface area contributed by atoms with Crippen LogP contribution in [0.15, 0.2) is 23.0 Å². The molecular formula is C20H29N3O6. The fourth-order valence-corrected chi connectivity index (χ4v) is 3.62. The molecule has 2 fully saturated rings. The lowest BCUT2D eigenvalue weighted by atomic mass is 10.2. The minimum atomic E-state index is -0.340. The Morgan fingerprint density at radius 3 is 2.59 bits per heavy atom. The number of piperazine rings is 1. The molecule has 9 nitrogen and oxygen atoms in total. The van der Waals surface area contributed by atoms with Crippen molar-refractivity contribution in [1.29, 1.82) is 0 Å². The van der Waals surface area contributed by atoms with Crippen molar-refractivity contribution in [1.82, 2.24) is 14.7 Å². The van der Waals surface area contributed by atoms with Crippen LogP contribution in [0.2, 0.25) is 0 Å². The van der Waals surface area contributed by atoms with E-state index in [0.717, 1.165) is 12.8 Å². The number of nitrogens with zero attached hydrogens (tertiary/aromatic N) is 3. The molecule has 1 aromatic rings. The summed E-state index contributed by atoms with van der Waals surface area (Å²) < 4.78 is 15.7. The van der Waals surface area contributed by atoms with E-state index in [9.17, 15) is 14.4 Å². The molecule has 0 saturated carbocycles. The Kier molecular flexibility index (Phi) is 7.51. The molecule has 3 rings (SSSR count). The molecule has 0 spiro atoms. The monoisotopic (exact) mass is 407 g/mol. The minimum Gasteiger partial charge on any atom is -0.472 e. The van der Waals surface area contributed by atoms with E-state index in [1.54, 1.807) is 27.7 Å². The molecule has 2 saturated heterocycles. The summed E-state index contributed by atoms with van der Waals surface area (Å²) in [6.07, 6.45) is 4.69. The Morgan fingerprint density at radius 2 is 1.97 bits per heavy atom. The van der Waals surface area contributed by atoms with Gasteiger partial charge in [0.15, 0.2) is 0 Å². The van der Waals surface area contributed by atoms with Crippen LogP contribution in [0.4, 0.5) is 4.79 Å². The molecular weight excluding hydrogens is 378 g/mol. The van der Waals surface area contributed by atoms with E-state index in [0.29, 0.717) is 58.0 Å². The van der Waals surface area contributed by atoms with Crippen LogP contribution in [-0.4, -0.2) is 91.2 Å². The summed E-state index contributed by atoms with van der Waals surface area (Å²) in [5.74, 6) is -0.181. The Hall–Kier alpha value is -2.55. The van der Waals surface area contributed by atoms with Crippen molar-refractivity contribution in [3.63, 3.8) is 0 Å². The predicted octanol–water partition coefficient (Wildman–Crippen LogP) is 1.59. The van der Waals surface area contributed by atoms with Gasteiger partial charge >= 0.3 is 6.09 Å². The van der Waals surface area contributed by atoms with Gasteiger partial charge in [-0.15, -0.1) is 0 Å². The Balaban J connectivity index is 1.51. The third kappa shape index (κ3) is 5.72. The summed E-state index contributed by atoms with van der Waals surface area (Å²) in [4.78, 5) is 42.2. The SMILES string of the molecule is CCOC(=O)N1CCN(C(=O)CCN(CC2CCCO2)C(=O)c2ccoc2)CC1. The van der Waals surface area contributed by atoms with E-state index in [4.69, 9.17) is 13.9 Å². The molecule has 3 heterocycles. The van der Waals surface area contributed by atoms with E-state index in [2.05, 4.69) is 0 Å². The number of amides is 3. The first-order valence-corrected chi connectivity index (χ1v) is 10.2. The molecule has 29 heavy (non-hydrogen) atoms. The number of furan rings is 1. The number of carbonyl (C=O) groups is 3. The van der Waals surface area contributed by atoms with Crippen molar-refractivity contribution >= 4 is 17.9 Å². The van der Waals surface area contributed by atoms with Crippen molar-refractivity contribution in [3.05, 3.63) is 24.2 Å². The van der Waals surface area contributed by atoms with Gasteiger partial charge in [-0.05, 0) is 25.8 Å². The molecule has 9 heteroatoms.